The third kappa shape index (κ3) is 11.1. The van der Waals surface area contributed by atoms with E-state index >= 15 is 0 Å². The summed E-state index contributed by atoms with van der Waals surface area (Å²) in [6, 6.07) is -3.18. The van der Waals surface area contributed by atoms with Gasteiger partial charge in [-0.1, -0.05) is 27.2 Å². The van der Waals surface area contributed by atoms with Crippen molar-refractivity contribution in [2.24, 2.45) is 11.7 Å². The van der Waals surface area contributed by atoms with Crippen LogP contribution in [0.1, 0.15) is 40.0 Å². The number of hydrogen-bond donors (Lipinski definition) is 5. The summed E-state index contributed by atoms with van der Waals surface area (Å²) in [5.41, 5.74) is 5.83. The van der Waals surface area contributed by atoms with Gasteiger partial charge in [-0.05, 0) is 18.8 Å². The van der Waals surface area contributed by atoms with Crippen LogP contribution < -0.4 is 21.7 Å². The molecule has 0 saturated carbocycles. The van der Waals surface area contributed by atoms with Crippen molar-refractivity contribution >= 4 is 29.7 Å². The van der Waals surface area contributed by atoms with E-state index in [1.165, 1.54) is 0 Å². The maximum Gasteiger partial charge on any atom is 0.330 e. The highest BCUT2D eigenvalue weighted by Gasteiger charge is 2.27. The number of carbonyl (C=O) groups is 5. The predicted molar refractivity (Wildman–Crippen MR) is 108 cm³/mol. The molecule has 0 aliphatic heterocycles. The SMILES string of the molecule is CCC[C@H](NC(=O)[C@@H](N)CC(C)C)C(=O)N[C@@H](CNC(=O)/C=C/C(=O)OC)C(=O)O. The third-order valence-corrected chi connectivity index (χ3v) is 3.94. The summed E-state index contributed by atoms with van der Waals surface area (Å²) in [5, 5.41) is 16.4. The van der Waals surface area contributed by atoms with Crippen molar-refractivity contribution in [3.63, 3.8) is 0 Å². The van der Waals surface area contributed by atoms with Gasteiger partial charge in [-0.15, -0.1) is 0 Å². The third-order valence-electron chi connectivity index (χ3n) is 3.94. The second-order valence-electron chi connectivity index (χ2n) is 7.09. The Hall–Kier alpha value is -2.95. The molecule has 11 heteroatoms. The van der Waals surface area contributed by atoms with Crippen molar-refractivity contribution in [3.8, 4) is 0 Å². The van der Waals surface area contributed by atoms with E-state index in [4.69, 9.17) is 5.73 Å². The van der Waals surface area contributed by atoms with Gasteiger partial charge in [-0.3, -0.25) is 14.4 Å². The lowest BCUT2D eigenvalue weighted by Crippen LogP contribution is -2.56. The molecule has 11 nitrogen and oxygen atoms in total. The van der Waals surface area contributed by atoms with Crippen LogP contribution in [-0.2, 0) is 28.7 Å². The maximum atomic E-state index is 12.5. The Kier molecular flexibility index (Phi) is 12.7. The second kappa shape index (κ2) is 14.1. The normalized spacial score (nSPS) is 13.9. The first-order chi connectivity index (χ1) is 14.0. The molecule has 30 heavy (non-hydrogen) atoms. The highest BCUT2D eigenvalue weighted by atomic mass is 16.5. The highest BCUT2D eigenvalue weighted by molar-refractivity contribution is 5.95. The van der Waals surface area contributed by atoms with Crippen molar-refractivity contribution in [2.75, 3.05) is 13.7 Å². The van der Waals surface area contributed by atoms with E-state index in [0.717, 1.165) is 19.3 Å². The molecule has 3 atom stereocenters. The van der Waals surface area contributed by atoms with Gasteiger partial charge in [0.05, 0.1) is 13.2 Å². The maximum absolute atomic E-state index is 12.5. The predicted octanol–water partition coefficient (Wildman–Crippen LogP) is -0.940. The molecule has 0 spiro atoms. The van der Waals surface area contributed by atoms with Crippen LogP contribution in [0.3, 0.4) is 0 Å². The van der Waals surface area contributed by atoms with Crippen molar-refractivity contribution in [2.45, 2.75) is 58.2 Å². The zero-order chi connectivity index (χ0) is 23.3. The molecule has 0 unspecified atom stereocenters. The minimum Gasteiger partial charge on any atom is -0.480 e. The number of esters is 1. The first-order valence-corrected chi connectivity index (χ1v) is 9.64. The summed E-state index contributed by atoms with van der Waals surface area (Å²) in [5.74, 6) is -3.86. The van der Waals surface area contributed by atoms with E-state index in [1.807, 2.05) is 20.8 Å². The molecule has 0 radical (unpaired) electrons. The molecule has 3 amide bonds. The lowest BCUT2D eigenvalue weighted by Gasteiger charge is -2.23. The molecule has 0 heterocycles. The van der Waals surface area contributed by atoms with Crippen LogP contribution in [0, 0.1) is 5.92 Å². The Bertz CT molecular complexity index is 649. The Labute approximate surface area is 175 Å². The smallest absolute Gasteiger partial charge is 0.330 e. The van der Waals surface area contributed by atoms with Gasteiger partial charge in [-0.2, -0.15) is 0 Å². The van der Waals surface area contributed by atoms with Gasteiger partial charge in [0.2, 0.25) is 17.7 Å². The van der Waals surface area contributed by atoms with E-state index in [-0.39, 0.29) is 12.3 Å². The second-order valence-corrected chi connectivity index (χ2v) is 7.09. The van der Waals surface area contributed by atoms with Crippen LogP contribution in [0.5, 0.6) is 0 Å². The van der Waals surface area contributed by atoms with Crippen LogP contribution in [0.15, 0.2) is 12.2 Å². The number of carboxylic acids is 1. The summed E-state index contributed by atoms with van der Waals surface area (Å²) in [7, 11) is 1.14. The number of nitrogens with two attached hydrogens (primary N) is 1. The number of nitrogens with one attached hydrogen (secondary N) is 3. The molecule has 0 aliphatic carbocycles. The number of ether oxygens (including phenoxy) is 1. The van der Waals surface area contributed by atoms with E-state index in [2.05, 4.69) is 20.7 Å². The molecule has 6 N–H and O–H groups in total. The van der Waals surface area contributed by atoms with Gasteiger partial charge in [0, 0.05) is 18.7 Å². The van der Waals surface area contributed by atoms with Gasteiger partial charge >= 0.3 is 11.9 Å². The Morgan fingerprint density at radius 2 is 1.63 bits per heavy atom. The summed E-state index contributed by atoms with van der Waals surface area (Å²) in [4.78, 5) is 58.8. The van der Waals surface area contributed by atoms with E-state index in [0.29, 0.717) is 12.8 Å². The van der Waals surface area contributed by atoms with Gasteiger partial charge in [0.15, 0.2) is 0 Å². The van der Waals surface area contributed by atoms with Crippen LogP contribution in [0.25, 0.3) is 0 Å². The van der Waals surface area contributed by atoms with E-state index in [1.54, 1.807) is 0 Å². The van der Waals surface area contributed by atoms with Crippen LogP contribution >= 0.6 is 0 Å². The molecule has 0 rings (SSSR count). The van der Waals surface area contributed by atoms with Gasteiger partial charge in [0.25, 0.3) is 0 Å². The molecule has 0 aromatic heterocycles. The fourth-order valence-electron chi connectivity index (χ4n) is 2.40. The van der Waals surface area contributed by atoms with E-state index < -0.39 is 54.3 Å². The zero-order valence-corrected chi connectivity index (χ0v) is 17.8. The number of amides is 3. The largest absolute Gasteiger partial charge is 0.480 e. The fraction of sp³-hybridized carbons (Fsp3) is 0.632. The van der Waals surface area contributed by atoms with E-state index in [9.17, 15) is 29.1 Å². The number of rotatable bonds is 13. The minimum absolute atomic E-state index is 0.192. The first kappa shape index (κ1) is 27.0. The van der Waals surface area contributed by atoms with Gasteiger partial charge < -0.3 is 31.5 Å². The monoisotopic (exact) mass is 428 g/mol. The number of hydrogen-bond acceptors (Lipinski definition) is 7. The summed E-state index contributed by atoms with van der Waals surface area (Å²) in [6.45, 7) is 5.21. The van der Waals surface area contributed by atoms with Crippen molar-refractivity contribution in [3.05, 3.63) is 12.2 Å². The van der Waals surface area contributed by atoms with Gasteiger partial charge in [0.1, 0.15) is 12.1 Å². The topological polar surface area (TPSA) is 177 Å². The summed E-state index contributed by atoms with van der Waals surface area (Å²) in [6.07, 6.45) is 3.03. The van der Waals surface area contributed by atoms with Crippen LogP contribution in [-0.4, -0.2) is 66.5 Å². The van der Waals surface area contributed by atoms with Crippen LogP contribution in [0.4, 0.5) is 0 Å². The lowest BCUT2D eigenvalue weighted by atomic mass is 10.0. The Balaban J connectivity index is 4.95. The molecular formula is C19H32N4O7. The zero-order valence-electron chi connectivity index (χ0n) is 17.8. The fourth-order valence-corrected chi connectivity index (χ4v) is 2.40. The Morgan fingerprint density at radius 1 is 1.03 bits per heavy atom. The molecule has 0 saturated heterocycles. The molecule has 0 bridgehead atoms. The standard InChI is InChI=1S/C19H32N4O7/c1-5-6-13(22-17(26)12(20)9-11(2)3)18(27)23-14(19(28)29)10-21-15(24)7-8-16(25)30-4/h7-8,11-14H,5-6,9-10,20H2,1-4H3,(H,21,24)(H,22,26)(H,23,27)(H,28,29)/b8-7+/t12-,13-,14-/m0/s1. The molecule has 0 aromatic rings. The highest BCUT2D eigenvalue weighted by Crippen LogP contribution is 2.05. The number of aliphatic carboxylic acids is 1. The van der Waals surface area contributed by atoms with Crippen molar-refractivity contribution in [1.82, 2.24) is 16.0 Å². The molecule has 0 aliphatic rings. The number of carboxylic acid groups (broad SMARTS) is 1. The van der Waals surface area contributed by atoms with Gasteiger partial charge in [-0.25, -0.2) is 9.59 Å². The molecule has 170 valence electrons. The van der Waals surface area contributed by atoms with Crippen molar-refractivity contribution in [1.29, 1.82) is 0 Å². The average Bonchev–Trinajstić information content (AvgIpc) is 2.67. The molecular weight excluding hydrogens is 396 g/mol. The minimum atomic E-state index is -1.44. The number of carbonyl (C=O) groups excluding carboxylic acids is 4. The van der Waals surface area contributed by atoms with Crippen molar-refractivity contribution < 1.29 is 33.8 Å². The quantitative estimate of drug-likeness (QED) is 0.184. The molecule has 0 fully saturated rings. The lowest BCUT2D eigenvalue weighted by molar-refractivity contribution is -0.142. The van der Waals surface area contributed by atoms with Crippen LogP contribution in [0.2, 0.25) is 0 Å². The Morgan fingerprint density at radius 3 is 2.13 bits per heavy atom. The first-order valence-electron chi connectivity index (χ1n) is 9.64. The number of methoxy groups -OCH3 is 1. The molecule has 0 aromatic carbocycles. The summed E-state index contributed by atoms with van der Waals surface area (Å²) >= 11 is 0. The average molecular weight is 428 g/mol. The summed E-state index contributed by atoms with van der Waals surface area (Å²) < 4.78 is 4.34.